The minimum atomic E-state index is 0.0663. The summed E-state index contributed by atoms with van der Waals surface area (Å²) in [5, 5.41) is 8.97. The molecular formula is C16H28N2O. The third kappa shape index (κ3) is 5.31. The van der Waals surface area contributed by atoms with Gasteiger partial charge in [-0.2, -0.15) is 0 Å². The van der Waals surface area contributed by atoms with E-state index in [1.807, 2.05) is 18.2 Å². The molecule has 3 nitrogen and oxygen atoms in total. The van der Waals surface area contributed by atoms with Gasteiger partial charge in [0.05, 0.1) is 0 Å². The zero-order chi connectivity index (χ0) is 14.3. The highest BCUT2D eigenvalue weighted by Gasteiger charge is 2.19. The zero-order valence-electron chi connectivity index (χ0n) is 12.4. The van der Waals surface area contributed by atoms with Gasteiger partial charge in [-0.3, -0.25) is 0 Å². The first-order valence-corrected chi connectivity index (χ1v) is 7.21. The molecule has 3 heteroatoms. The third-order valence-electron chi connectivity index (χ3n) is 3.65. The largest absolute Gasteiger partial charge is 0.396 e. The maximum atomic E-state index is 8.97. The van der Waals surface area contributed by atoms with Crippen LogP contribution in [0.25, 0.3) is 0 Å². The lowest BCUT2D eigenvalue weighted by molar-refractivity contribution is 0.163. The molecule has 108 valence electrons. The van der Waals surface area contributed by atoms with Crippen LogP contribution in [-0.2, 0) is 0 Å². The summed E-state index contributed by atoms with van der Waals surface area (Å²) in [6, 6.07) is 10.8. The summed E-state index contributed by atoms with van der Waals surface area (Å²) in [5.74, 6) is 0.392. The highest BCUT2D eigenvalue weighted by Crippen LogP contribution is 2.20. The molecule has 0 saturated heterocycles. The third-order valence-corrected chi connectivity index (χ3v) is 3.65. The van der Waals surface area contributed by atoms with E-state index >= 15 is 0 Å². The summed E-state index contributed by atoms with van der Waals surface area (Å²) >= 11 is 0. The van der Waals surface area contributed by atoms with E-state index in [4.69, 9.17) is 10.8 Å². The van der Waals surface area contributed by atoms with Gasteiger partial charge in [0.25, 0.3) is 0 Å². The molecule has 3 N–H and O–H groups in total. The fraction of sp³-hybridized carbons (Fsp3) is 0.625. The number of rotatable bonds is 8. The van der Waals surface area contributed by atoms with E-state index in [2.05, 4.69) is 37.8 Å². The van der Waals surface area contributed by atoms with E-state index in [1.54, 1.807) is 0 Å². The Hall–Kier alpha value is -0.900. The monoisotopic (exact) mass is 264 g/mol. The number of nitrogens with zero attached hydrogens (tertiary/aromatic N) is 1. The summed E-state index contributed by atoms with van der Waals surface area (Å²) in [4.78, 5) is 2.39. The van der Waals surface area contributed by atoms with Crippen molar-refractivity contribution >= 4 is 0 Å². The summed E-state index contributed by atoms with van der Waals surface area (Å²) in [5.41, 5.74) is 7.53. The minimum Gasteiger partial charge on any atom is -0.396 e. The van der Waals surface area contributed by atoms with Gasteiger partial charge in [-0.15, -0.1) is 0 Å². The van der Waals surface area contributed by atoms with Gasteiger partial charge < -0.3 is 15.7 Å². The molecule has 0 aromatic heterocycles. The summed E-state index contributed by atoms with van der Waals surface area (Å²) < 4.78 is 0. The molecule has 0 amide bonds. The predicted octanol–water partition coefficient (Wildman–Crippen LogP) is 2.42. The second kappa shape index (κ2) is 8.31. The molecule has 2 unspecified atom stereocenters. The van der Waals surface area contributed by atoms with Crippen molar-refractivity contribution in [3.63, 3.8) is 0 Å². The molecule has 0 spiro atoms. The normalized spacial score (nSPS) is 14.9. The van der Waals surface area contributed by atoms with Gasteiger partial charge in [-0.1, -0.05) is 37.3 Å². The van der Waals surface area contributed by atoms with Crippen LogP contribution in [0, 0.1) is 5.92 Å². The van der Waals surface area contributed by atoms with Crippen molar-refractivity contribution in [2.24, 2.45) is 11.7 Å². The molecule has 0 radical (unpaired) electrons. The number of aliphatic hydroxyl groups excluding tert-OH is 1. The molecule has 1 aromatic rings. The standard InChI is InChI=1S/C16H28N2O/c1-13(2)18(10-7-11-19)12-14(3)16(17)15-8-5-4-6-9-15/h4-6,8-9,13-14,16,19H,7,10-12,17H2,1-3H3. The average Bonchev–Trinajstić information content (AvgIpc) is 2.43. The SMILES string of the molecule is CC(CN(CCCO)C(C)C)C(N)c1ccccc1. The van der Waals surface area contributed by atoms with Crippen LogP contribution in [0.1, 0.15) is 38.8 Å². The van der Waals surface area contributed by atoms with E-state index in [0.717, 1.165) is 19.5 Å². The summed E-state index contributed by atoms with van der Waals surface area (Å²) in [6.07, 6.45) is 0.825. The Kier molecular flexibility index (Phi) is 7.06. The van der Waals surface area contributed by atoms with Crippen molar-refractivity contribution in [3.8, 4) is 0 Å². The lowest BCUT2D eigenvalue weighted by Gasteiger charge is -2.31. The van der Waals surface area contributed by atoms with Gasteiger partial charge in [-0.05, 0) is 31.7 Å². The smallest absolute Gasteiger partial charge is 0.0443 e. The van der Waals surface area contributed by atoms with Gasteiger partial charge in [0.2, 0.25) is 0 Å². The first-order chi connectivity index (χ1) is 9.06. The second-order valence-corrected chi connectivity index (χ2v) is 5.58. The number of hydrogen-bond acceptors (Lipinski definition) is 3. The molecule has 0 aliphatic rings. The van der Waals surface area contributed by atoms with Crippen molar-refractivity contribution in [2.45, 2.75) is 39.3 Å². The number of nitrogens with two attached hydrogens (primary N) is 1. The quantitative estimate of drug-likeness (QED) is 0.758. The highest BCUT2D eigenvalue weighted by atomic mass is 16.3. The topological polar surface area (TPSA) is 49.5 Å². The van der Waals surface area contributed by atoms with Crippen molar-refractivity contribution in [1.82, 2.24) is 4.90 Å². The van der Waals surface area contributed by atoms with Crippen molar-refractivity contribution in [3.05, 3.63) is 35.9 Å². The van der Waals surface area contributed by atoms with E-state index in [0.29, 0.717) is 12.0 Å². The van der Waals surface area contributed by atoms with E-state index in [1.165, 1.54) is 5.56 Å². The van der Waals surface area contributed by atoms with Crippen molar-refractivity contribution < 1.29 is 5.11 Å². The van der Waals surface area contributed by atoms with Crippen LogP contribution < -0.4 is 5.73 Å². The minimum absolute atomic E-state index is 0.0663. The molecule has 0 aliphatic carbocycles. The Bertz CT molecular complexity index is 340. The Morgan fingerprint density at radius 3 is 2.32 bits per heavy atom. The molecule has 2 atom stereocenters. The van der Waals surface area contributed by atoms with Crippen LogP contribution in [0.15, 0.2) is 30.3 Å². The Balaban J connectivity index is 2.58. The first kappa shape index (κ1) is 16.2. The lowest BCUT2D eigenvalue weighted by atomic mass is 9.94. The summed E-state index contributed by atoms with van der Waals surface area (Å²) in [7, 11) is 0. The molecule has 0 bridgehead atoms. The second-order valence-electron chi connectivity index (χ2n) is 5.58. The van der Waals surface area contributed by atoms with Crippen LogP contribution >= 0.6 is 0 Å². The van der Waals surface area contributed by atoms with Crippen molar-refractivity contribution in [1.29, 1.82) is 0 Å². The van der Waals surface area contributed by atoms with E-state index in [-0.39, 0.29) is 12.6 Å². The molecule has 1 aromatic carbocycles. The fourth-order valence-electron chi connectivity index (χ4n) is 2.32. The molecule has 0 aliphatic heterocycles. The molecule has 1 rings (SSSR count). The number of benzene rings is 1. The average molecular weight is 264 g/mol. The van der Waals surface area contributed by atoms with Gasteiger partial charge >= 0.3 is 0 Å². The van der Waals surface area contributed by atoms with Gasteiger partial charge in [-0.25, -0.2) is 0 Å². The maximum Gasteiger partial charge on any atom is 0.0443 e. The molecular weight excluding hydrogens is 236 g/mol. The Labute approximate surface area is 117 Å². The van der Waals surface area contributed by atoms with Gasteiger partial charge in [0.1, 0.15) is 0 Å². The zero-order valence-corrected chi connectivity index (χ0v) is 12.4. The van der Waals surface area contributed by atoms with E-state index in [9.17, 15) is 0 Å². The van der Waals surface area contributed by atoms with Crippen LogP contribution in [0.4, 0.5) is 0 Å². The van der Waals surface area contributed by atoms with Crippen LogP contribution in [0.3, 0.4) is 0 Å². The van der Waals surface area contributed by atoms with Crippen LogP contribution in [-0.4, -0.2) is 35.7 Å². The molecule has 0 heterocycles. The van der Waals surface area contributed by atoms with E-state index < -0.39 is 0 Å². The number of hydrogen-bond donors (Lipinski definition) is 2. The molecule has 0 saturated carbocycles. The van der Waals surface area contributed by atoms with Gasteiger partial charge in [0.15, 0.2) is 0 Å². The van der Waals surface area contributed by atoms with Crippen LogP contribution in [0.2, 0.25) is 0 Å². The van der Waals surface area contributed by atoms with Crippen molar-refractivity contribution in [2.75, 3.05) is 19.7 Å². The predicted molar refractivity (Wildman–Crippen MR) is 80.9 cm³/mol. The first-order valence-electron chi connectivity index (χ1n) is 7.21. The Morgan fingerprint density at radius 2 is 1.79 bits per heavy atom. The Morgan fingerprint density at radius 1 is 1.16 bits per heavy atom. The molecule has 0 fully saturated rings. The molecule has 19 heavy (non-hydrogen) atoms. The highest BCUT2D eigenvalue weighted by molar-refractivity contribution is 5.19. The van der Waals surface area contributed by atoms with Gasteiger partial charge in [0, 0.05) is 31.8 Å². The maximum absolute atomic E-state index is 8.97. The van der Waals surface area contributed by atoms with Crippen LogP contribution in [0.5, 0.6) is 0 Å². The number of aliphatic hydroxyl groups is 1. The fourth-order valence-corrected chi connectivity index (χ4v) is 2.32. The lowest BCUT2D eigenvalue weighted by Crippen LogP contribution is -2.38. The summed E-state index contributed by atoms with van der Waals surface area (Å²) in [6.45, 7) is 8.73.